The normalized spacial score (nSPS) is 18.9. The highest BCUT2D eigenvalue weighted by atomic mass is 32.2. The highest BCUT2D eigenvalue weighted by molar-refractivity contribution is 7.89. The van der Waals surface area contributed by atoms with E-state index in [9.17, 15) is 22.4 Å². The highest BCUT2D eigenvalue weighted by Gasteiger charge is 2.30. The molecule has 1 aliphatic carbocycles. The number of rotatable bonds is 15. The van der Waals surface area contributed by atoms with Crippen LogP contribution in [0, 0.1) is 17.7 Å². The summed E-state index contributed by atoms with van der Waals surface area (Å²) in [7, 11) is -3.82. The highest BCUT2D eigenvalue weighted by Crippen LogP contribution is 2.31. The molecule has 1 saturated heterocycles. The van der Waals surface area contributed by atoms with Gasteiger partial charge in [-0.25, -0.2) is 17.5 Å². The van der Waals surface area contributed by atoms with Crippen LogP contribution in [0.1, 0.15) is 65.2 Å². The largest absolute Gasteiger partial charge is 0.490 e. The van der Waals surface area contributed by atoms with Gasteiger partial charge in [0, 0.05) is 23.9 Å². The third kappa shape index (κ3) is 8.32. The van der Waals surface area contributed by atoms with Gasteiger partial charge in [0.05, 0.1) is 11.5 Å². The molecule has 2 aliphatic rings. The Morgan fingerprint density at radius 1 is 1.15 bits per heavy atom. The number of carbonyl (C=O) groups excluding carboxylic acids is 2. The number of carbonyl (C=O) groups is 2. The second-order valence-electron chi connectivity index (χ2n) is 10.00. The Balaban J connectivity index is 1.35. The number of halogens is 1. The first-order chi connectivity index (χ1) is 16.1. The topological polar surface area (TPSA) is 114 Å². The maximum Gasteiger partial charge on any atom is 0.241 e. The quantitative estimate of drug-likeness (QED) is 0.254. The molecule has 0 aromatic heterocycles. The third-order valence-electron chi connectivity index (χ3n) is 6.17. The Labute approximate surface area is 201 Å². The fourth-order valence-electron chi connectivity index (χ4n) is 3.98. The predicted octanol–water partition coefficient (Wildman–Crippen LogP) is 2.87. The third-order valence-corrected chi connectivity index (χ3v) is 7.87. The standard InChI is InChI=1S/C24H36FN3O5S/c1-24(2,11-3-4-12-26-13-5-6-18-14-22(29)27-23(18)30)28-34(31,32)19-9-10-20(25)21(15-19)33-16-17-7-8-17/h9-10,15,17-18,26,28H,3-8,11-14,16H2,1-2H3,(H,27,29,30). The molecule has 34 heavy (non-hydrogen) atoms. The van der Waals surface area contributed by atoms with E-state index < -0.39 is 21.4 Å². The Bertz CT molecular complexity index is 979. The molecule has 10 heteroatoms. The average Bonchev–Trinajstić information content (AvgIpc) is 3.52. The molecule has 0 radical (unpaired) electrons. The van der Waals surface area contributed by atoms with Crippen LogP contribution < -0.4 is 20.1 Å². The van der Waals surface area contributed by atoms with E-state index in [4.69, 9.17) is 4.74 Å². The van der Waals surface area contributed by atoms with Crippen LogP contribution in [-0.4, -0.2) is 45.5 Å². The summed E-state index contributed by atoms with van der Waals surface area (Å²) in [5, 5.41) is 5.65. The minimum Gasteiger partial charge on any atom is -0.490 e. The SMILES string of the molecule is CC(C)(CCCCNCCCC1CC(=O)NC1=O)NS(=O)(=O)c1ccc(F)c(OCC2CC2)c1. The predicted molar refractivity (Wildman–Crippen MR) is 126 cm³/mol. The summed E-state index contributed by atoms with van der Waals surface area (Å²) in [6.07, 6.45) is 6.26. The van der Waals surface area contributed by atoms with E-state index in [0.717, 1.165) is 51.3 Å². The van der Waals surface area contributed by atoms with E-state index in [1.165, 1.54) is 12.1 Å². The number of amides is 2. The molecule has 1 heterocycles. The van der Waals surface area contributed by atoms with Gasteiger partial charge in [0.1, 0.15) is 0 Å². The fourth-order valence-corrected chi connectivity index (χ4v) is 5.44. The van der Waals surface area contributed by atoms with Crippen molar-refractivity contribution in [1.82, 2.24) is 15.4 Å². The lowest BCUT2D eigenvalue weighted by atomic mass is 9.99. The van der Waals surface area contributed by atoms with Gasteiger partial charge in [0.25, 0.3) is 0 Å². The molecule has 1 aromatic rings. The number of nitrogens with one attached hydrogen (secondary N) is 3. The van der Waals surface area contributed by atoms with Gasteiger partial charge in [-0.3, -0.25) is 14.9 Å². The van der Waals surface area contributed by atoms with E-state index in [0.29, 0.717) is 25.4 Å². The van der Waals surface area contributed by atoms with Crippen LogP contribution in [0.15, 0.2) is 23.1 Å². The minimum atomic E-state index is -3.82. The average molecular weight is 498 g/mol. The molecule has 3 rings (SSSR count). The van der Waals surface area contributed by atoms with E-state index in [2.05, 4.69) is 15.4 Å². The van der Waals surface area contributed by atoms with Crippen LogP contribution in [0.5, 0.6) is 5.75 Å². The lowest BCUT2D eigenvalue weighted by molar-refractivity contribution is -0.125. The summed E-state index contributed by atoms with van der Waals surface area (Å²) in [6, 6.07) is 3.64. The van der Waals surface area contributed by atoms with Gasteiger partial charge >= 0.3 is 0 Å². The van der Waals surface area contributed by atoms with E-state index in [1.54, 1.807) is 0 Å². The molecule has 190 valence electrons. The number of ether oxygens (including phenoxy) is 1. The zero-order valence-electron chi connectivity index (χ0n) is 20.0. The maximum absolute atomic E-state index is 14.0. The smallest absolute Gasteiger partial charge is 0.241 e. The van der Waals surface area contributed by atoms with Gasteiger partial charge in [-0.05, 0) is 83.5 Å². The molecule has 2 amide bonds. The molecule has 8 nitrogen and oxygen atoms in total. The van der Waals surface area contributed by atoms with Gasteiger partial charge in [-0.15, -0.1) is 0 Å². The number of imide groups is 1. The van der Waals surface area contributed by atoms with Crippen molar-refractivity contribution in [1.29, 1.82) is 0 Å². The van der Waals surface area contributed by atoms with Crippen LogP contribution in [0.4, 0.5) is 4.39 Å². The number of benzene rings is 1. The molecular formula is C24H36FN3O5S. The summed E-state index contributed by atoms with van der Waals surface area (Å²) in [5.74, 6) is -0.721. The zero-order valence-corrected chi connectivity index (χ0v) is 20.8. The minimum absolute atomic E-state index is 0.00733. The zero-order chi connectivity index (χ0) is 24.8. The monoisotopic (exact) mass is 497 g/mol. The molecule has 3 N–H and O–H groups in total. The van der Waals surface area contributed by atoms with Crippen LogP contribution in [-0.2, 0) is 19.6 Å². The van der Waals surface area contributed by atoms with E-state index in [-0.39, 0.29) is 34.8 Å². The molecule has 0 bridgehead atoms. The second kappa shape index (κ2) is 11.6. The lowest BCUT2D eigenvalue weighted by Crippen LogP contribution is -2.43. The first-order valence-corrected chi connectivity index (χ1v) is 13.5. The van der Waals surface area contributed by atoms with Crippen molar-refractivity contribution in [2.75, 3.05) is 19.7 Å². The molecule has 1 aliphatic heterocycles. The van der Waals surface area contributed by atoms with Crippen LogP contribution in [0.3, 0.4) is 0 Å². The summed E-state index contributed by atoms with van der Waals surface area (Å²) >= 11 is 0. The summed E-state index contributed by atoms with van der Waals surface area (Å²) in [6.45, 7) is 5.63. The summed E-state index contributed by atoms with van der Waals surface area (Å²) < 4.78 is 48.0. The summed E-state index contributed by atoms with van der Waals surface area (Å²) in [5.41, 5.74) is -0.662. The van der Waals surface area contributed by atoms with Gasteiger partial charge in [0.15, 0.2) is 11.6 Å². The van der Waals surface area contributed by atoms with Crippen LogP contribution >= 0.6 is 0 Å². The maximum atomic E-state index is 14.0. The van der Waals surface area contributed by atoms with Gasteiger partial charge < -0.3 is 10.1 Å². The van der Waals surface area contributed by atoms with E-state index in [1.807, 2.05) is 13.8 Å². The number of unbranched alkanes of at least 4 members (excludes halogenated alkanes) is 1. The molecular weight excluding hydrogens is 461 g/mol. The first kappa shape index (κ1) is 26.6. The first-order valence-electron chi connectivity index (χ1n) is 12.1. The van der Waals surface area contributed by atoms with Crippen LogP contribution in [0.2, 0.25) is 0 Å². The number of sulfonamides is 1. The Morgan fingerprint density at radius 2 is 1.88 bits per heavy atom. The second-order valence-corrected chi connectivity index (χ2v) is 11.7. The molecule has 2 fully saturated rings. The molecule has 1 aromatic carbocycles. The van der Waals surface area contributed by atoms with E-state index >= 15 is 0 Å². The van der Waals surface area contributed by atoms with Crippen molar-refractivity contribution in [2.45, 2.75) is 75.6 Å². The summed E-state index contributed by atoms with van der Waals surface area (Å²) in [4.78, 5) is 22.7. The lowest BCUT2D eigenvalue weighted by Gasteiger charge is -2.26. The van der Waals surface area contributed by atoms with Crippen molar-refractivity contribution in [3.63, 3.8) is 0 Å². The van der Waals surface area contributed by atoms with Gasteiger partial charge in [-0.1, -0.05) is 6.42 Å². The van der Waals surface area contributed by atoms with Crippen molar-refractivity contribution in [3.8, 4) is 5.75 Å². The number of hydrogen-bond acceptors (Lipinski definition) is 6. The van der Waals surface area contributed by atoms with Crippen molar-refractivity contribution in [2.24, 2.45) is 11.8 Å². The Hall–Kier alpha value is -2.04. The number of hydrogen-bond donors (Lipinski definition) is 3. The molecule has 1 atom stereocenters. The van der Waals surface area contributed by atoms with Gasteiger partial charge in [-0.2, -0.15) is 0 Å². The van der Waals surface area contributed by atoms with Gasteiger partial charge in [0.2, 0.25) is 21.8 Å². The Morgan fingerprint density at radius 3 is 2.56 bits per heavy atom. The Kier molecular flexibility index (Phi) is 9.06. The molecule has 0 spiro atoms. The van der Waals surface area contributed by atoms with Crippen molar-refractivity contribution >= 4 is 21.8 Å². The van der Waals surface area contributed by atoms with Crippen molar-refractivity contribution < 1.29 is 27.1 Å². The molecule has 1 saturated carbocycles. The van der Waals surface area contributed by atoms with Crippen LogP contribution in [0.25, 0.3) is 0 Å². The van der Waals surface area contributed by atoms with Crippen molar-refractivity contribution in [3.05, 3.63) is 24.0 Å². The fraction of sp³-hybridized carbons (Fsp3) is 0.667. The molecule has 1 unspecified atom stereocenters.